The number of rotatable bonds is 4. The maximum atomic E-state index is 12.9. The third-order valence-electron chi connectivity index (χ3n) is 4.34. The highest BCUT2D eigenvalue weighted by atomic mass is 19.4. The van der Waals surface area contributed by atoms with E-state index in [-0.39, 0.29) is 30.7 Å². The van der Waals surface area contributed by atoms with Crippen molar-refractivity contribution in [1.82, 2.24) is 19.6 Å². The first-order valence-corrected chi connectivity index (χ1v) is 8.14. The van der Waals surface area contributed by atoms with Crippen molar-refractivity contribution >= 4 is 5.91 Å². The number of halogens is 3. The Morgan fingerprint density at radius 1 is 1.46 bits per heavy atom. The Hall–Kier alpha value is -2.36. The van der Waals surface area contributed by atoms with Gasteiger partial charge in [-0.3, -0.25) is 4.79 Å². The van der Waals surface area contributed by atoms with Gasteiger partial charge in [0.1, 0.15) is 12.4 Å². The molecule has 1 amide bonds. The van der Waals surface area contributed by atoms with Gasteiger partial charge in [0.25, 0.3) is 5.91 Å². The summed E-state index contributed by atoms with van der Waals surface area (Å²) in [4.78, 5) is 17.9. The largest absolute Gasteiger partial charge is 0.434 e. The number of amides is 1. The van der Waals surface area contributed by atoms with Crippen LogP contribution < -0.4 is 0 Å². The van der Waals surface area contributed by atoms with Crippen LogP contribution in [0.5, 0.6) is 0 Å². The van der Waals surface area contributed by atoms with E-state index < -0.39 is 11.9 Å². The van der Waals surface area contributed by atoms with Crippen molar-refractivity contribution in [3.63, 3.8) is 0 Å². The summed E-state index contributed by atoms with van der Waals surface area (Å²) in [6, 6.07) is 1.51. The molecule has 7 nitrogen and oxygen atoms in total. The number of imidazole rings is 1. The highest BCUT2D eigenvalue weighted by molar-refractivity contribution is 5.92. The molecule has 0 bridgehead atoms. The van der Waals surface area contributed by atoms with Crippen molar-refractivity contribution < 1.29 is 27.2 Å². The first-order valence-electron chi connectivity index (χ1n) is 8.14. The second kappa shape index (κ2) is 7.10. The van der Waals surface area contributed by atoms with E-state index in [0.717, 1.165) is 6.20 Å². The molecule has 10 heteroatoms. The molecule has 0 aromatic carbocycles. The van der Waals surface area contributed by atoms with Crippen molar-refractivity contribution in [2.45, 2.75) is 31.5 Å². The molecule has 2 aromatic rings. The fourth-order valence-corrected chi connectivity index (χ4v) is 3.15. The Bertz CT molecular complexity index is 784. The molecular weight excluding hydrogens is 353 g/mol. The topological polar surface area (TPSA) is 73.4 Å². The average Bonchev–Trinajstić information content (AvgIpc) is 3.21. The summed E-state index contributed by atoms with van der Waals surface area (Å²) in [6.07, 6.45) is -2.17. The fourth-order valence-electron chi connectivity index (χ4n) is 3.15. The van der Waals surface area contributed by atoms with E-state index in [2.05, 4.69) is 10.1 Å². The molecule has 26 heavy (non-hydrogen) atoms. The van der Waals surface area contributed by atoms with Crippen molar-refractivity contribution in [1.29, 1.82) is 0 Å². The van der Waals surface area contributed by atoms with Gasteiger partial charge in [0, 0.05) is 45.4 Å². The van der Waals surface area contributed by atoms with Crippen LogP contribution in [-0.2, 0) is 24.6 Å². The maximum absolute atomic E-state index is 12.9. The predicted octanol–water partition coefficient (Wildman–Crippen LogP) is 2.59. The average molecular weight is 372 g/mol. The lowest BCUT2D eigenvalue weighted by Gasteiger charge is -2.31. The zero-order valence-corrected chi connectivity index (χ0v) is 14.4. The summed E-state index contributed by atoms with van der Waals surface area (Å²) in [5.41, 5.74) is -0.757. The van der Waals surface area contributed by atoms with Gasteiger partial charge in [0.2, 0.25) is 0 Å². The molecule has 1 unspecified atom stereocenters. The smallest absolute Gasteiger partial charge is 0.377 e. The van der Waals surface area contributed by atoms with Crippen LogP contribution in [0.1, 0.15) is 46.5 Å². The highest BCUT2D eigenvalue weighted by Crippen LogP contribution is 2.32. The Labute approximate surface area is 147 Å². The molecule has 1 aliphatic rings. The molecule has 1 aliphatic heterocycles. The number of likely N-dealkylation sites (tertiary alicyclic amines) is 1. The second-order valence-corrected chi connectivity index (χ2v) is 6.29. The van der Waals surface area contributed by atoms with E-state index in [0.29, 0.717) is 31.0 Å². The third-order valence-corrected chi connectivity index (χ3v) is 4.34. The van der Waals surface area contributed by atoms with Gasteiger partial charge >= 0.3 is 6.18 Å². The van der Waals surface area contributed by atoms with Crippen molar-refractivity contribution in [2.75, 3.05) is 20.2 Å². The molecule has 1 saturated heterocycles. The minimum absolute atomic E-state index is 0.161. The standard InChI is InChI=1S/C16H19F3N4O3/c1-22-8-13(16(17,18)19)20-14(22)10-4-3-5-23(7-10)15(24)12-6-11(9-25-2)26-21-12/h6,8,10H,3-5,7,9H2,1-2H3. The molecular formula is C16H19F3N4O3. The van der Waals surface area contributed by atoms with E-state index in [4.69, 9.17) is 9.26 Å². The predicted molar refractivity (Wildman–Crippen MR) is 83.3 cm³/mol. The van der Waals surface area contributed by atoms with Gasteiger partial charge in [0.15, 0.2) is 17.1 Å². The second-order valence-electron chi connectivity index (χ2n) is 6.29. The van der Waals surface area contributed by atoms with Crippen molar-refractivity contribution in [3.05, 3.63) is 35.2 Å². The summed E-state index contributed by atoms with van der Waals surface area (Å²) < 4.78 is 49.9. The van der Waals surface area contributed by atoms with Crippen LogP contribution in [0.3, 0.4) is 0 Å². The molecule has 0 saturated carbocycles. The van der Waals surface area contributed by atoms with Gasteiger partial charge in [-0.1, -0.05) is 5.16 Å². The molecule has 3 heterocycles. The van der Waals surface area contributed by atoms with Crippen LogP contribution in [0.2, 0.25) is 0 Å². The number of hydrogen-bond donors (Lipinski definition) is 0. The van der Waals surface area contributed by atoms with Crippen molar-refractivity contribution in [2.24, 2.45) is 7.05 Å². The summed E-state index contributed by atoms with van der Waals surface area (Å²) in [5, 5.41) is 3.75. The number of aromatic nitrogens is 3. The first-order chi connectivity index (χ1) is 12.3. The van der Waals surface area contributed by atoms with E-state index in [1.165, 1.54) is 24.8 Å². The number of methoxy groups -OCH3 is 1. The van der Waals surface area contributed by atoms with Crippen molar-refractivity contribution in [3.8, 4) is 0 Å². The number of piperidine rings is 1. The molecule has 0 radical (unpaired) electrons. The Balaban J connectivity index is 1.75. The molecule has 0 N–H and O–H groups in total. The lowest BCUT2D eigenvalue weighted by molar-refractivity contribution is -0.141. The molecule has 142 valence electrons. The number of hydrogen-bond acceptors (Lipinski definition) is 5. The highest BCUT2D eigenvalue weighted by Gasteiger charge is 2.36. The Morgan fingerprint density at radius 2 is 2.23 bits per heavy atom. The zero-order chi connectivity index (χ0) is 18.9. The number of nitrogens with zero attached hydrogens (tertiary/aromatic N) is 4. The maximum Gasteiger partial charge on any atom is 0.434 e. The first kappa shape index (κ1) is 18.4. The van der Waals surface area contributed by atoms with Crippen LogP contribution >= 0.6 is 0 Å². The van der Waals surface area contributed by atoms with Crippen LogP contribution in [0, 0.1) is 0 Å². The quantitative estimate of drug-likeness (QED) is 0.825. The van der Waals surface area contributed by atoms with E-state index >= 15 is 0 Å². The van der Waals surface area contributed by atoms with E-state index in [9.17, 15) is 18.0 Å². The van der Waals surface area contributed by atoms with Crippen LogP contribution in [0.25, 0.3) is 0 Å². The van der Waals surface area contributed by atoms with Gasteiger partial charge in [-0.05, 0) is 12.8 Å². The van der Waals surface area contributed by atoms with E-state index in [1.807, 2.05) is 0 Å². The molecule has 1 fully saturated rings. The molecule has 0 spiro atoms. The van der Waals surface area contributed by atoms with Gasteiger partial charge in [-0.15, -0.1) is 0 Å². The summed E-state index contributed by atoms with van der Waals surface area (Å²) >= 11 is 0. The van der Waals surface area contributed by atoms with E-state index in [1.54, 1.807) is 4.90 Å². The molecule has 1 atom stereocenters. The van der Waals surface area contributed by atoms with Gasteiger partial charge in [-0.2, -0.15) is 13.2 Å². The van der Waals surface area contributed by atoms with Crippen LogP contribution in [-0.4, -0.2) is 45.7 Å². The SMILES string of the molecule is COCc1cc(C(=O)N2CCCC(c3nc(C(F)(F)F)cn3C)C2)no1. The van der Waals surface area contributed by atoms with Gasteiger partial charge < -0.3 is 18.7 Å². The third kappa shape index (κ3) is 3.74. The number of aryl methyl sites for hydroxylation is 1. The molecule has 0 aliphatic carbocycles. The Kier molecular flexibility index (Phi) is 5.03. The van der Waals surface area contributed by atoms with Gasteiger partial charge in [-0.25, -0.2) is 4.98 Å². The number of ether oxygens (including phenoxy) is 1. The molecule has 2 aromatic heterocycles. The summed E-state index contributed by atoms with van der Waals surface area (Å²) in [6.45, 7) is 1.00. The lowest BCUT2D eigenvalue weighted by Crippen LogP contribution is -2.39. The molecule has 3 rings (SSSR count). The number of alkyl halides is 3. The minimum atomic E-state index is -4.49. The summed E-state index contributed by atoms with van der Waals surface area (Å²) in [5.74, 6) is 0.184. The lowest BCUT2D eigenvalue weighted by atomic mass is 9.97. The Morgan fingerprint density at radius 3 is 2.88 bits per heavy atom. The number of carbonyl (C=O) groups excluding carboxylic acids is 1. The van der Waals surface area contributed by atoms with Gasteiger partial charge in [0.05, 0.1) is 0 Å². The summed E-state index contributed by atoms with van der Waals surface area (Å²) in [7, 11) is 3.04. The zero-order valence-electron chi connectivity index (χ0n) is 14.4. The van der Waals surface area contributed by atoms with Crippen LogP contribution in [0.4, 0.5) is 13.2 Å². The normalized spacial score (nSPS) is 18.3. The monoisotopic (exact) mass is 372 g/mol. The number of carbonyl (C=O) groups is 1. The van der Waals surface area contributed by atoms with Crippen LogP contribution in [0.15, 0.2) is 16.8 Å². The minimum Gasteiger partial charge on any atom is -0.377 e. The fraction of sp³-hybridized carbons (Fsp3) is 0.562.